The fraction of sp³-hybridized carbons (Fsp3) is 0.190. The van der Waals surface area contributed by atoms with E-state index in [9.17, 15) is 4.79 Å². The molecule has 4 rings (SSSR count). The highest BCUT2D eigenvalue weighted by atomic mass is 32.2. The van der Waals surface area contributed by atoms with Crippen LogP contribution in [-0.2, 0) is 12.8 Å². The molecule has 5 nitrogen and oxygen atoms in total. The minimum atomic E-state index is -0.0775. The average Bonchev–Trinajstić information content (AvgIpc) is 3.07. The van der Waals surface area contributed by atoms with Crippen molar-refractivity contribution in [1.82, 2.24) is 14.1 Å². The number of thiazole rings is 1. The minimum Gasteiger partial charge on any atom is -0.494 e. The van der Waals surface area contributed by atoms with Gasteiger partial charge in [-0.2, -0.15) is 0 Å². The van der Waals surface area contributed by atoms with Gasteiger partial charge in [0.15, 0.2) is 14.8 Å². The Kier molecular flexibility index (Phi) is 5.84. The number of aromatic nitrogens is 3. The van der Waals surface area contributed by atoms with Crippen LogP contribution in [0.25, 0.3) is 16.0 Å². The molecule has 0 bridgehead atoms. The number of fused-ring (bicyclic) bond motifs is 1. The topological polar surface area (TPSA) is 49.0 Å². The van der Waals surface area contributed by atoms with E-state index in [4.69, 9.17) is 21.9 Å². The first kappa shape index (κ1) is 19.9. The smallest absolute Gasteiger partial charge is 0.273 e. The summed E-state index contributed by atoms with van der Waals surface area (Å²) in [5.74, 6) is 1.53. The summed E-state index contributed by atoms with van der Waals surface area (Å²) in [6.07, 6.45) is 0. The van der Waals surface area contributed by atoms with Crippen LogP contribution in [0.1, 0.15) is 12.5 Å². The standard InChI is InChI=1S/C21H19N3O2S3/c1-3-26-16-11-9-15(10-12-16)24-18-17(29-21(24)27)19(25)23(2)20(22-18)28-13-14-7-5-4-6-8-14/h4-12H,3,13H2,1-2H3. The zero-order valence-electron chi connectivity index (χ0n) is 16.0. The van der Waals surface area contributed by atoms with Crippen LogP contribution in [0.5, 0.6) is 5.75 Å². The molecule has 2 aromatic heterocycles. The van der Waals surface area contributed by atoms with Gasteiger partial charge < -0.3 is 4.74 Å². The number of hydrogen-bond acceptors (Lipinski definition) is 6. The largest absolute Gasteiger partial charge is 0.494 e. The van der Waals surface area contributed by atoms with Crippen LogP contribution in [0, 0.1) is 3.95 Å². The second kappa shape index (κ2) is 8.52. The Hall–Kier alpha value is -2.42. The Labute approximate surface area is 181 Å². The van der Waals surface area contributed by atoms with Gasteiger partial charge in [-0.05, 0) is 49.0 Å². The lowest BCUT2D eigenvalue weighted by atomic mass is 10.2. The number of benzene rings is 2. The molecule has 0 unspecified atom stereocenters. The molecule has 148 valence electrons. The molecule has 0 saturated heterocycles. The van der Waals surface area contributed by atoms with Crippen molar-refractivity contribution in [3.05, 3.63) is 74.5 Å². The van der Waals surface area contributed by atoms with E-state index >= 15 is 0 Å². The molecule has 0 aliphatic carbocycles. The maximum atomic E-state index is 12.9. The first-order chi connectivity index (χ1) is 14.1. The molecule has 0 fully saturated rings. The molecule has 0 aliphatic rings. The Balaban J connectivity index is 1.78. The number of rotatable bonds is 6. The molecule has 0 radical (unpaired) electrons. The summed E-state index contributed by atoms with van der Waals surface area (Å²) in [6, 6.07) is 17.8. The molecule has 0 spiro atoms. The number of thioether (sulfide) groups is 1. The van der Waals surface area contributed by atoms with Gasteiger partial charge in [0.05, 0.1) is 6.61 Å². The van der Waals surface area contributed by atoms with Gasteiger partial charge in [0.25, 0.3) is 5.56 Å². The molecule has 0 amide bonds. The molecule has 4 aromatic rings. The number of ether oxygens (including phenoxy) is 1. The Morgan fingerprint density at radius 2 is 1.86 bits per heavy atom. The third-order valence-electron chi connectivity index (χ3n) is 4.39. The van der Waals surface area contributed by atoms with E-state index in [0.29, 0.717) is 26.1 Å². The fourth-order valence-electron chi connectivity index (χ4n) is 2.95. The summed E-state index contributed by atoms with van der Waals surface area (Å²) in [5, 5.41) is 0.666. The molecule has 2 heterocycles. The Morgan fingerprint density at radius 3 is 2.55 bits per heavy atom. The fourth-order valence-corrected chi connectivity index (χ4v) is 5.22. The summed E-state index contributed by atoms with van der Waals surface area (Å²) >= 11 is 8.40. The Morgan fingerprint density at radius 1 is 1.14 bits per heavy atom. The molecule has 0 aliphatic heterocycles. The molecule has 0 N–H and O–H groups in total. The summed E-state index contributed by atoms with van der Waals surface area (Å²) in [4.78, 5) is 17.7. The molecule has 29 heavy (non-hydrogen) atoms. The molecule has 0 saturated carbocycles. The first-order valence-corrected chi connectivity index (χ1v) is 11.3. The predicted molar refractivity (Wildman–Crippen MR) is 122 cm³/mol. The van der Waals surface area contributed by atoms with Gasteiger partial charge in [-0.15, -0.1) is 0 Å². The van der Waals surface area contributed by atoms with Crippen LogP contribution in [0.4, 0.5) is 0 Å². The zero-order valence-corrected chi connectivity index (χ0v) is 18.4. The molecule has 0 atom stereocenters. The SMILES string of the molecule is CCOc1ccc(-n2c(=S)sc3c(=O)n(C)c(SCc4ccccc4)nc32)cc1. The zero-order chi connectivity index (χ0) is 20.4. The van der Waals surface area contributed by atoms with Crippen molar-refractivity contribution >= 4 is 45.7 Å². The molecular formula is C21H19N3O2S3. The van der Waals surface area contributed by atoms with Crippen LogP contribution < -0.4 is 10.3 Å². The van der Waals surface area contributed by atoms with Crippen LogP contribution in [0.15, 0.2) is 64.5 Å². The lowest BCUT2D eigenvalue weighted by molar-refractivity contribution is 0.340. The van der Waals surface area contributed by atoms with E-state index in [2.05, 4.69) is 12.1 Å². The van der Waals surface area contributed by atoms with E-state index in [1.807, 2.05) is 54.0 Å². The van der Waals surface area contributed by atoms with Crippen LogP contribution in [0.2, 0.25) is 0 Å². The summed E-state index contributed by atoms with van der Waals surface area (Å²) < 4.78 is 10.1. The van der Waals surface area contributed by atoms with Gasteiger partial charge in [0.2, 0.25) is 0 Å². The van der Waals surface area contributed by atoms with E-state index in [-0.39, 0.29) is 5.56 Å². The van der Waals surface area contributed by atoms with Crippen molar-refractivity contribution in [2.45, 2.75) is 17.8 Å². The quantitative estimate of drug-likeness (QED) is 0.234. The first-order valence-electron chi connectivity index (χ1n) is 9.11. The lowest BCUT2D eigenvalue weighted by Gasteiger charge is -2.10. The average molecular weight is 442 g/mol. The van der Waals surface area contributed by atoms with Gasteiger partial charge in [-0.25, -0.2) is 4.98 Å². The number of hydrogen-bond donors (Lipinski definition) is 0. The van der Waals surface area contributed by atoms with Crippen molar-refractivity contribution in [3.63, 3.8) is 0 Å². The second-order valence-corrected chi connectivity index (χ2v) is 8.90. The van der Waals surface area contributed by atoms with Gasteiger partial charge in [0, 0.05) is 18.5 Å². The molecule has 8 heteroatoms. The van der Waals surface area contributed by atoms with Crippen molar-refractivity contribution in [2.24, 2.45) is 7.05 Å². The monoisotopic (exact) mass is 441 g/mol. The van der Waals surface area contributed by atoms with Crippen LogP contribution in [-0.4, -0.2) is 20.7 Å². The van der Waals surface area contributed by atoms with Crippen molar-refractivity contribution < 1.29 is 4.74 Å². The van der Waals surface area contributed by atoms with Gasteiger partial charge in [-0.3, -0.25) is 13.9 Å². The van der Waals surface area contributed by atoms with Crippen LogP contribution in [0.3, 0.4) is 0 Å². The van der Waals surface area contributed by atoms with E-state index in [0.717, 1.165) is 17.2 Å². The Bertz CT molecular complexity index is 1260. The third-order valence-corrected chi connectivity index (χ3v) is 6.84. The maximum Gasteiger partial charge on any atom is 0.273 e. The number of nitrogens with zero attached hydrogens (tertiary/aromatic N) is 3. The minimum absolute atomic E-state index is 0.0775. The third kappa shape index (κ3) is 4.01. The van der Waals surface area contributed by atoms with Crippen molar-refractivity contribution in [3.8, 4) is 11.4 Å². The predicted octanol–water partition coefficient (Wildman–Crippen LogP) is 5.21. The van der Waals surface area contributed by atoms with Gasteiger partial charge in [-0.1, -0.05) is 53.4 Å². The van der Waals surface area contributed by atoms with Crippen LogP contribution >= 0.6 is 35.3 Å². The highest BCUT2D eigenvalue weighted by Gasteiger charge is 2.16. The van der Waals surface area contributed by atoms with E-state index in [1.165, 1.54) is 16.9 Å². The highest BCUT2D eigenvalue weighted by Crippen LogP contribution is 2.27. The molecular weight excluding hydrogens is 422 g/mol. The van der Waals surface area contributed by atoms with E-state index < -0.39 is 0 Å². The van der Waals surface area contributed by atoms with Crippen molar-refractivity contribution in [2.75, 3.05) is 6.61 Å². The van der Waals surface area contributed by atoms with E-state index in [1.54, 1.807) is 23.4 Å². The maximum absolute atomic E-state index is 12.9. The second-order valence-electron chi connectivity index (χ2n) is 6.32. The summed E-state index contributed by atoms with van der Waals surface area (Å²) in [5.41, 5.74) is 2.57. The normalized spacial score (nSPS) is 11.1. The molecule has 2 aromatic carbocycles. The summed E-state index contributed by atoms with van der Waals surface area (Å²) in [7, 11) is 1.76. The summed E-state index contributed by atoms with van der Waals surface area (Å²) in [6.45, 7) is 2.56. The van der Waals surface area contributed by atoms with Gasteiger partial charge in [0.1, 0.15) is 10.4 Å². The van der Waals surface area contributed by atoms with Gasteiger partial charge >= 0.3 is 0 Å². The highest BCUT2D eigenvalue weighted by molar-refractivity contribution is 7.98. The lowest BCUT2D eigenvalue weighted by Crippen LogP contribution is -2.19. The van der Waals surface area contributed by atoms with Crippen molar-refractivity contribution in [1.29, 1.82) is 0 Å².